The maximum absolute atomic E-state index is 13.1. The third-order valence-corrected chi connectivity index (χ3v) is 5.96. The van der Waals surface area contributed by atoms with Gasteiger partial charge in [-0.2, -0.15) is 0 Å². The van der Waals surface area contributed by atoms with E-state index in [0.29, 0.717) is 12.5 Å². The third-order valence-electron chi connectivity index (χ3n) is 4.82. The molecule has 6 nitrogen and oxygen atoms in total. The van der Waals surface area contributed by atoms with Gasteiger partial charge in [-0.25, -0.2) is 9.37 Å². The molecule has 0 bridgehead atoms. The average molecular weight is 380 g/mol. The molecule has 8 heteroatoms. The molecule has 0 amide bonds. The molecule has 1 atom stereocenters. The number of benzene rings is 2. The number of halogens is 1. The number of para-hydroxylation sites is 1. The molecule has 0 radical (unpaired) electrons. The number of rotatable bonds is 4. The zero-order valence-corrected chi connectivity index (χ0v) is 15.3. The highest BCUT2D eigenvalue weighted by atomic mass is 32.1. The minimum atomic E-state index is -0.276. The summed E-state index contributed by atoms with van der Waals surface area (Å²) < 4.78 is 14.3. The van der Waals surface area contributed by atoms with E-state index in [9.17, 15) is 4.39 Å². The van der Waals surface area contributed by atoms with Crippen molar-refractivity contribution >= 4 is 21.6 Å². The predicted octanol–water partition coefficient (Wildman–Crippen LogP) is 3.88. The van der Waals surface area contributed by atoms with E-state index in [2.05, 4.69) is 32.4 Å². The van der Waals surface area contributed by atoms with Crippen molar-refractivity contribution < 1.29 is 4.39 Å². The van der Waals surface area contributed by atoms with E-state index in [1.54, 1.807) is 28.3 Å². The summed E-state index contributed by atoms with van der Waals surface area (Å²) in [6.07, 6.45) is 2.21. The SMILES string of the molecule is Fc1ccc(-c2nnn(CN3CCC[C@H]3c3nc4ccccc4s3)n2)cc1. The Labute approximate surface area is 159 Å². The van der Waals surface area contributed by atoms with Gasteiger partial charge in [0.1, 0.15) is 17.5 Å². The molecule has 0 N–H and O–H groups in total. The molecule has 2 aromatic carbocycles. The van der Waals surface area contributed by atoms with Gasteiger partial charge in [-0.15, -0.1) is 26.3 Å². The Morgan fingerprint density at radius 3 is 2.81 bits per heavy atom. The monoisotopic (exact) mass is 380 g/mol. The number of hydrogen-bond acceptors (Lipinski definition) is 6. The highest BCUT2D eigenvalue weighted by Gasteiger charge is 2.29. The number of nitrogens with zero attached hydrogens (tertiary/aromatic N) is 6. The first kappa shape index (κ1) is 16.5. The van der Waals surface area contributed by atoms with Gasteiger partial charge in [-0.05, 0) is 54.5 Å². The summed E-state index contributed by atoms with van der Waals surface area (Å²) >= 11 is 1.76. The second kappa shape index (κ2) is 6.79. The summed E-state index contributed by atoms with van der Waals surface area (Å²) in [4.78, 5) is 8.77. The van der Waals surface area contributed by atoms with Gasteiger partial charge < -0.3 is 0 Å². The molecule has 3 heterocycles. The van der Waals surface area contributed by atoms with Crippen molar-refractivity contribution in [1.82, 2.24) is 30.1 Å². The molecule has 4 aromatic rings. The fourth-order valence-corrected chi connectivity index (χ4v) is 4.62. The molecule has 0 saturated carbocycles. The molecular weight excluding hydrogens is 363 g/mol. The van der Waals surface area contributed by atoms with E-state index in [4.69, 9.17) is 4.98 Å². The minimum Gasteiger partial charge on any atom is -0.273 e. The van der Waals surface area contributed by atoms with E-state index in [1.165, 1.54) is 16.8 Å². The van der Waals surface area contributed by atoms with Crippen molar-refractivity contribution in [2.24, 2.45) is 0 Å². The van der Waals surface area contributed by atoms with Gasteiger partial charge in [0.2, 0.25) is 5.82 Å². The Balaban J connectivity index is 1.36. The van der Waals surface area contributed by atoms with Gasteiger partial charge in [-0.1, -0.05) is 12.1 Å². The van der Waals surface area contributed by atoms with Gasteiger partial charge in [0, 0.05) is 12.1 Å². The van der Waals surface area contributed by atoms with Crippen molar-refractivity contribution in [3.63, 3.8) is 0 Å². The molecule has 136 valence electrons. The number of fused-ring (bicyclic) bond motifs is 1. The molecular formula is C19H17FN6S. The van der Waals surface area contributed by atoms with Crippen molar-refractivity contribution in [1.29, 1.82) is 0 Å². The van der Waals surface area contributed by atoms with Crippen LogP contribution in [0.1, 0.15) is 23.9 Å². The van der Waals surface area contributed by atoms with Crippen LogP contribution in [0.15, 0.2) is 48.5 Å². The normalized spacial score (nSPS) is 17.7. The lowest BCUT2D eigenvalue weighted by molar-refractivity contribution is 0.177. The maximum Gasteiger partial charge on any atom is 0.204 e. The second-order valence-electron chi connectivity index (χ2n) is 6.62. The highest BCUT2D eigenvalue weighted by molar-refractivity contribution is 7.18. The molecule has 1 saturated heterocycles. The van der Waals surface area contributed by atoms with Crippen LogP contribution in [0.3, 0.4) is 0 Å². The first-order valence-corrected chi connectivity index (χ1v) is 9.71. The van der Waals surface area contributed by atoms with Crippen molar-refractivity contribution in [3.8, 4) is 11.4 Å². The lowest BCUT2D eigenvalue weighted by Gasteiger charge is -2.21. The van der Waals surface area contributed by atoms with Gasteiger partial charge in [0.05, 0.1) is 16.3 Å². The van der Waals surface area contributed by atoms with E-state index in [-0.39, 0.29) is 11.9 Å². The number of likely N-dealkylation sites (tertiary alicyclic amines) is 1. The number of hydrogen-bond donors (Lipinski definition) is 0. The van der Waals surface area contributed by atoms with Gasteiger partial charge in [-0.3, -0.25) is 4.90 Å². The van der Waals surface area contributed by atoms with Crippen LogP contribution in [0.4, 0.5) is 4.39 Å². The summed E-state index contributed by atoms with van der Waals surface area (Å²) in [7, 11) is 0. The molecule has 5 rings (SSSR count). The van der Waals surface area contributed by atoms with Gasteiger partial charge >= 0.3 is 0 Å². The zero-order valence-electron chi connectivity index (χ0n) is 14.5. The maximum atomic E-state index is 13.1. The smallest absolute Gasteiger partial charge is 0.204 e. The third kappa shape index (κ3) is 3.22. The Morgan fingerprint density at radius 1 is 1.11 bits per heavy atom. The number of thiazole rings is 1. The van der Waals surface area contributed by atoms with Crippen molar-refractivity contribution in [2.75, 3.05) is 6.54 Å². The summed E-state index contributed by atoms with van der Waals surface area (Å²) in [5, 5.41) is 13.9. The molecule has 27 heavy (non-hydrogen) atoms. The van der Waals surface area contributed by atoms with Crippen LogP contribution in [-0.2, 0) is 6.67 Å². The topological polar surface area (TPSA) is 59.7 Å². The van der Waals surface area contributed by atoms with Gasteiger partial charge in [0.15, 0.2) is 0 Å². The quantitative estimate of drug-likeness (QED) is 0.538. The van der Waals surface area contributed by atoms with E-state index in [1.807, 2.05) is 12.1 Å². The van der Waals surface area contributed by atoms with Crippen LogP contribution in [0.25, 0.3) is 21.6 Å². The summed E-state index contributed by atoms with van der Waals surface area (Å²) in [6, 6.07) is 14.7. The van der Waals surface area contributed by atoms with Crippen LogP contribution in [0.5, 0.6) is 0 Å². The second-order valence-corrected chi connectivity index (χ2v) is 7.69. The number of tetrazole rings is 1. The Hall–Kier alpha value is -2.71. The van der Waals surface area contributed by atoms with Crippen LogP contribution in [0.2, 0.25) is 0 Å². The molecule has 1 fully saturated rings. The van der Waals surface area contributed by atoms with Crippen LogP contribution in [0, 0.1) is 5.82 Å². The number of aromatic nitrogens is 5. The van der Waals surface area contributed by atoms with Gasteiger partial charge in [0.25, 0.3) is 0 Å². The van der Waals surface area contributed by atoms with E-state index >= 15 is 0 Å². The summed E-state index contributed by atoms with van der Waals surface area (Å²) in [5.74, 6) is 0.229. The Morgan fingerprint density at radius 2 is 1.96 bits per heavy atom. The Kier molecular flexibility index (Phi) is 4.14. The molecule has 1 aliphatic heterocycles. The molecule has 0 spiro atoms. The lowest BCUT2D eigenvalue weighted by atomic mass is 10.2. The predicted molar refractivity (Wildman–Crippen MR) is 102 cm³/mol. The molecule has 0 unspecified atom stereocenters. The van der Waals surface area contributed by atoms with E-state index < -0.39 is 0 Å². The van der Waals surface area contributed by atoms with Crippen LogP contribution in [-0.4, -0.2) is 36.6 Å². The lowest BCUT2D eigenvalue weighted by Crippen LogP contribution is -2.27. The highest BCUT2D eigenvalue weighted by Crippen LogP contribution is 2.36. The first-order valence-electron chi connectivity index (χ1n) is 8.89. The zero-order chi connectivity index (χ0) is 18.2. The Bertz CT molecular complexity index is 1040. The standard InChI is InChI=1S/C19H17FN6S/c20-14-9-7-13(8-10-14)18-22-24-26(23-18)12-25-11-3-5-16(25)19-21-15-4-1-2-6-17(15)27-19/h1-2,4,6-10,16H,3,5,11-12H2/t16-/m0/s1. The minimum absolute atomic E-state index is 0.276. The van der Waals surface area contributed by atoms with Crippen LogP contribution >= 0.6 is 11.3 Å². The average Bonchev–Trinajstić information content (AvgIpc) is 3.41. The largest absolute Gasteiger partial charge is 0.273 e. The van der Waals surface area contributed by atoms with Crippen LogP contribution < -0.4 is 0 Å². The summed E-state index contributed by atoms with van der Waals surface area (Å²) in [6.45, 7) is 1.54. The van der Waals surface area contributed by atoms with E-state index in [0.717, 1.165) is 35.5 Å². The molecule has 2 aromatic heterocycles. The molecule has 0 aliphatic carbocycles. The first-order chi connectivity index (χ1) is 13.3. The molecule has 1 aliphatic rings. The van der Waals surface area contributed by atoms with Crippen molar-refractivity contribution in [2.45, 2.75) is 25.6 Å². The fourth-order valence-electron chi connectivity index (χ4n) is 3.49. The summed E-state index contributed by atoms with van der Waals surface area (Å²) in [5.41, 5.74) is 1.81. The van der Waals surface area contributed by atoms with Crippen molar-refractivity contribution in [3.05, 3.63) is 59.4 Å². The fraction of sp³-hybridized carbons (Fsp3) is 0.263.